The van der Waals surface area contributed by atoms with Crippen molar-refractivity contribution in [3.8, 4) is 0 Å². The van der Waals surface area contributed by atoms with Crippen LogP contribution < -0.4 is 4.90 Å². The van der Waals surface area contributed by atoms with Crippen LogP contribution in [0.5, 0.6) is 0 Å². The Morgan fingerprint density at radius 1 is 1.04 bits per heavy atom. The van der Waals surface area contributed by atoms with E-state index in [1.165, 1.54) is 4.90 Å². The minimum absolute atomic E-state index is 0.142. The van der Waals surface area contributed by atoms with Gasteiger partial charge in [0.2, 0.25) is 0 Å². The maximum Gasteiger partial charge on any atom is 0.338 e. The molecule has 1 N–H and O–H groups in total. The summed E-state index contributed by atoms with van der Waals surface area (Å²) in [7, 11) is 1.92. The minimum Gasteiger partial charge on any atom is -0.316 e. The van der Waals surface area contributed by atoms with Gasteiger partial charge in [-0.2, -0.15) is 0 Å². The quantitative estimate of drug-likeness (QED) is 0.641. The number of amides is 4. The van der Waals surface area contributed by atoms with E-state index in [0.29, 0.717) is 6.54 Å². The van der Waals surface area contributed by atoms with Gasteiger partial charge >= 0.3 is 17.8 Å². The predicted molar refractivity (Wildman–Crippen MR) is 92.4 cm³/mol. The second-order valence-corrected chi connectivity index (χ2v) is 7.30. The smallest absolute Gasteiger partial charge is 0.316 e. The molecular weight excluding hydrogens is 318 g/mol. The number of rotatable bonds is 5. The SMILES string of the molecule is C[C@@H]1CCCC[C@H]1N1C(=O)C(=O)N(C[NH+](C)Cc2ccccc2)C1=O. The lowest BCUT2D eigenvalue weighted by Crippen LogP contribution is -3.09. The predicted octanol–water partition coefficient (Wildman–Crippen LogP) is 1.03. The minimum atomic E-state index is -0.685. The first-order valence-corrected chi connectivity index (χ1v) is 9.03. The van der Waals surface area contributed by atoms with Crippen molar-refractivity contribution in [3.05, 3.63) is 35.9 Å². The highest BCUT2D eigenvalue weighted by atomic mass is 16.2. The van der Waals surface area contributed by atoms with Crippen LogP contribution in [-0.4, -0.2) is 47.4 Å². The maximum absolute atomic E-state index is 12.8. The molecule has 6 nitrogen and oxygen atoms in total. The van der Waals surface area contributed by atoms with Crippen LogP contribution >= 0.6 is 0 Å². The molecular formula is C19H26N3O3+. The molecule has 25 heavy (non-hydrogen) atoms. The Bertz CT molecular complexity index is 661. The van der Waals surface area contributed by atoms with Crippen molar-refractivity contribution < 1.29 is 19.3 Å². The Balaban J connectivity index is 1.68. The van der Waals surface area contributed by atoms with Crippen molar-refractivity contribution in [2.75, 3.05) is 13.7 Å². The van der Waals surface area contributed by atoms with Gasteiger partial charge in [0.05, 0.1) is 7.05 Å². The molecule has 1 aliphatic carbocycles. The Labute approximate surface area is 148 Å². The number of nitrogens with zero attached hydrogens (tertiary/aromatic N) is 2. The summed E-state index contributed by atoms with van der Waals surface area (Å²) in [6, 6.07) is 9.32. The number of nitrogens with one attached hydrogen (secondary N) is 1. The Morgan fingerprint density at radius 2 is 1.72 bits per heavy atom. The lowest BCUT2D eigenvalue weighted by Gasteiger charge is -2.34. The molecule has 2 fully saturated rings. The summed E-state index contributed by atoms with van der Waals surface area (Å²) in [5.41, 5.74) is 1.13. The van der Waals surface area contributed by atoms with Crippen LogP contribution in [0.25, 0.3) is 0 Å². The van der Waals surface area contributed by atoms with Crippen molar-refractivity contribution >= 4 is 17.8 Å². The molecule has 1 saturated heterocycles. The molecule has 1 unspecified atom stereocenters. The first kappa shape index (κ1) is 17.6. The molecule has 3 atom stereocenters. The molecule has 1 aromatic carbocycles. The zero-order valence-corrected chi connectivity index (χ0v) is 14.9. The van der Waals surface area contributed by atoms with Crippen LogP contribution in [0, 0.1) is 5.92 Å². The first-order valence-electron chi connectivity index (χ1n) is 9.03. The number of hydrogen-bond donors (Lipinski definition) is 1. The van der Waals surface area contributed by atoms with Gasteiger partial charge in [0.1, 0.15) is 6.54 Å². The molecule has 0 spiro atoms. The summed E-state index contributed by atoms with van der Waals surface area (Å²) >= 11 is 0. The van der Waals surface area contributed by atoms with Crippen molar-refractivity contribution in [1.29, 1.82) is 0 Å². The molecule has 1 heterocycles. The second kappa shape index (κ2) is 7.35. The molecule has 0 radical (unpaired) electrons. The highest BCUT2D eigenvalue weighted by Gasteiger charge is 2.50. The zero-order valence-electron chi connectivity index (χ0n) is 14.9. The summed E-state index contributed by atoms with van der Waals surface area (Å²) in [5.74, 6) is -1.09. The van der Waals surface area contributed by atoms with Gasteiger partial charge in [0.15, 0.2) is 6.67 Å². The number of carbonyl (C=O) groups is 3. The summed E-state index contributed by atoms with van der Waals surface area (Å²) < 4.78 is 0. The maximum atomic E-state index is 12.8. The monoisotopic (exact) mass is 344 g/mol. The van der Waals surface area contributed by atoms with Gasteiger partial charge in [-0.15, -0.1) is 0 Å². The summed E-state index contributed by atoms with van der Waals surface area (Å²) in [6.07, 6.45) is 3.91. The first-order chi connectivity index (χ1) is 12.0. The second-order valence-electron chi connectivity index (χ2n) is 7.30. The van der Waals surface area contributed by atoms with Crippen LogP contribution in [0.3, 0.4) is 0 Å². The van der Waals surface area contributed by atoms with Gasteiger partial charge in [-0.3, -0.25) is 14.5 Å². The largest absolute Gasteiger partial charge is 0.338 e. The van der Waals surface area contributed by atoms with Gasteiger partial charge in [0.25, 0.3) is 0 Å². The van der Waals surface area contributed by atoms with E-state index in [0.717, 1.165) is 41.0 Å². The van der Waals surface area contributed by atoms with Crippen molar-refractivity contribution in [2.45, 2.75) is 45.2 Å². The molecule has 134 valence electrons. The third-order valence-electron chi connectivity index (χ3n) is 5.26. The number of imide groups is 2. The summed E-state index contributed by atoms with van der Waals surface area (Å²) in [5, 5.41) is 0. The third kappa shape index (κ3) is 3.58. The fraction of sp³-hybridized carbons (Fsp3) is 0.526. The van der Waals surface area contributed by atoms with E-state index in [4.69, 9.17) is 0 Å². The van der Waals surface area contributed by atoms with E-state index < -0.39 is 17.8 Å². The number of carbonyl (C=O) groups excluding carboxylic acids is 3. The Morgan fingerprint density at radius 3 is 2.40 bits per heavy atom. The molecule has 6 heteroatoms. The van der Waals surface area contributed by atoms with Crippen LogP contribution in [0.2, 0.25) is 0 Å². The molecule has 3 rings (SSSR count). The normalized spacial score (nSPS) is 25.6. The fourth-order valence-electron chi connectivity index (χ4n) is 3.90. The van der Waals surface area contributed by atoms with Crippen molar-refractivity contribution in [3.63, 3.8) is 0 Å². The molecule has 4 amide bonds. The topological polar surface area (TPSA) is 62.1 Å². The van der Waals surface area contributed by atoms with Gasteiger partial charge in [0, 0.05) is 11.6 Å². The highest BCUT2D eigenvalue weighted by molar-refractivity contribution is 6.44. The van der Waals surface area contributed by atoms with Crippen molar-refractivity contribution in [2.24, 2.45) is 5.92 Å². The van der Waals surface area contributed by atoms with E-state index in [-0.39, 0.29) is 18.6 Å². The Hall–Kier alpha value is -2.21. The average Bonchev–Trinajstić information content (AvgIpc) is 2.80. The van der Waals surface area contributed by atoms with Gasteiger partial charge in [-0.25, -0.2) is 9.69 Å². The number of benzene rings is 1. The molecule has 1 aliphatic heterocycles. The molecule has 0 aromatic heterocycles. The average molecular weight is 344 g/mol. The number of hydrogen-bond acceptors (Lipinski definition) is 3. The van der Waals surface area contributed by atoms with Gasteiger partial charge in [-0.05, 0) is 18.8 Å². The van der Waals surface area contributed by atoms with E-state index >= 15 is 0 Å². The fourth-order valence-corrected chi connectivity index (χ4v) is 3.90. The zero-order chi connectivity index (χ0) is 18.0. The number of quaternary nitrogens is 1. The molecule has 2 aliphatic rings. The third-order valence-corrected chi connectivity index (χ3v) is 5.26. The van der Waals surface area contributed by atoms with Crippen LogP contribution in [-0.2, 0) is 16.1 Å². The van der Waals surface area contributed by atoms with E-state index in [9.17, 15) is 14.4 Å². The summed E-state index contributed by atoms with van der Waals surface area (Å²) in [6.45, 7) is 2.95. The highest BCUT2D eigenvalue weighted by Crippen LogP contribution is 2.30. The van der Waals surface area contributed by atoms with Crippen LogP contribution in [0.4, 0.5) is 4.79 Å². The van der Waals surface area contributed by atoms with Crippen LogP contribution in [0.15, 0.2) is 30.3 Å². The van der Waals surface area contributed by atoms with Crippen LogP contribution in [0.1, 0.15) is 38.2 Å². The lowest BCUT2D eigenvalue weighted by atomic mass is 9.85. The standard InChI is InChI=1S/C19H25N3O3/c1-14-8-6-7-11-16(14)22-18(24)17(23)21(19(22)25)13-20(2)12-15-9-4-3-5-10-15/h3-5,9-10,14,16H,6-8,11-13H2,1-2H3/p+1/t14-,16-/m1/s1. The molecule has 1 saturated carbocycles. The van der Waals surface area contributed by atoms with Gasteiger partial charge in [-0.1, -0.05) is 50.1 Å². The van der Waals surface area contributed by atoms with Gasteiger partial charge < -0.3 is 4.90 Å². The van der Waals surface area contributed by atoms with E-state index in [2.05, 4.69) is 6.92 Å². The summed E-state index contributed by atoms with van der Waals surface area (Å²) in [4.78, 5) is 40.9. The molecule has 0 bridgehead atoms. The number of urea groups is 1. The lowest BCUT2D eigenvalue weighted by molar-refractivity contribution is -0.901. The Kier molecular flexibility index (Phi) is 5.18. The van der Waals surface area contributed by atoms with E-state index in [1.54, 1.807) is 0 Å². The van der Waals surface area contributed by atoms with E-state index in [1.807, 2.05) is 37.4 Å². The molecule has 1 aromatic rings. The van der Waals surface area contributed by atoms with Crippen molar-refractivity contribution in [1.82, 2.24) is 9.80 Å².